The Hall–Kier alpha value is -5.35. The first kappa shape index (κ1) is 47.6. The third-order valence-electron chi connectivity index (χ3n) is 11.3. The van der Waals surface area contributed by atoms with E-state index in [4.69, 9.17) is 42.6 Å². The van der Waals surface area contributed by atoms with Crippen molar-refractivity contribution in [2.45, 2.75) is 114 Å². The van der Waals surface area contributed by atoms with Crippen LogP contribution in [0.5, 0.6) is 0 Å². The molecular formula is C52H58FNO11. The number of amides is 1. The minimum absolute atomic E-state index is 0.0504. The molecule has 0 aromatic heterocycles. The topological polar surface area (TPSA) is 129 Å². The second-order valence-corrected chi connectivity index (χ2v) is 16.0. The zero-order valence-corrected chi connectivity index (χ0v) is 36.7. The SMILES string of the molecule is CNC(=O)CCC(=O)O[C@@H]1C(C)OC(OC[C@@H]2O[C@H](F)C(OCc3ccccc3)C(OCc3ccccc3)[C@@H]2OCc2ccccc2)C(OCc2ccccc2)[C@H]1OCc1ccccc1. The second kappa shape index (κ2) is 24.8. The molecule has 0 bridgehead atoms. The van der Waals surface area contributed by atoms with Crippen LogP contribution in [0.3, 0.4) is 0 Å². The molecule has 344 valence electrons. The summed E-state index contributed by atoms with van der Waals surface area (Å²) in [6.45, 7) is 2.26. The molecule has 10 atom stereocenters. The highest BCUT2D eigenvalue weighted by atomic mass is 19.1. The van der Waals surface area contributed by atoms with Crippen LogP contribution in [0, 0.1) is 0 Å². The Kier molecular flexibility index (Phi) is 18.2. The first-order valence-electron chi connectivity index (χ1n) is 22.1. The minimum Gasteiger partial charge on any atom is -0.457 e. The van der Waals surface area contributed by atoms with E-state index in [1.54, 1.807) is 6.92 Å². The fraction of sp³-hybridized carbons (Fsp3) is 0.385. The smallest absolute Gasteiger partial charge is 0.306 e. The van der Waals surface area contributed by atoms with Crippen molar-refractivity contribution in [3.05, 3.63) is 179 Å². The number of ether oxygens (including phenoxy) is 9. The fourth-order valence-corrected chi connectivity index (χ4v) is 7.78. The molecule has 12 nitrogen and oxygen atoms in total. The molecule has 2 heterocycles. The van der Waals surface area contributed by atoms with E-state index < -0.39 is 67.4 Å². The highest BCUT2D eigenvalue weighted by Crippen LogP contribution is 2.34. The van der Waals surface area contributed by atoms with Crippen molar-refractivity contribution >= 4 is 11.9 Å². The molecule has 5 aromatic rings. The van der Waals surface area contributed by atoms with Crippen molar-refractivity contribution in [2.24, 2.45) is 0 Å². The fourth-order valence-electron chi connectivity index (χ4n) is 7.78. The minimum atomic E-state index is -1.93. The largest absolute Gasteiger partial charge is 0.457 e. The number of benzene rings is 5. The molecule has 7 rings (SSSR count). The van der Waals surface area contributed by atoms with Gasteiger partial charge in [-0.2, -0.15) is 0 Å². The van der Waals surface area contributed by atoms with Gasteiger partial charge in [0.2, 0.25) is 12.3 Å². The molecular weight excluding hydrogens is 834 g/mol. The van der Waals surface area contributed by atoms with Crippen LogP contribution in [-0.2, 0) is 85.3 Å². The van der Waals surface area contributed by atoms with Gasteiger partial charge in [-0.15, -0.1) is 0 Å². The first-order chi connectivity index (χ1) is 31.8. The summed E-state index contributed by atoms with van der Waals surface area (Å²) in [6.07, 6.45) is -10.9. The lowest BCUT2D eigenvalue weighted by atomic mass is 9.97. The van der Waals surface area contributed by atoms with Crippen molar-refractivity contribution in [1.82, 2.24) is 5.32 Å². The average Bonchev–Trinajstić information content (AvgIpc) is 3.35. The number of esters is 1. The van der Waals surface area contributed by atoms with E-state index in [1.165, 1.54) is 7.05 Å². The molecule has 0 spiro atoms. The molecule has 5 aromatic carbocycles. The second-order valence-electron chi connectivity index (χ2n) is 16.0. The van der Waals surface area contributed by atoms with Crippen LogP contribution in [0.1, 0.15) is 47.6 Å². The molecule has 0 aliphatic carbocycles. The zero-order valence-electron chi connectivity index (χ0n) is 36.7. The summed E-state index contributed by atoms with van der Waals surface area (Å²) in [5.41, 5.74) is 4.39. The van der Waals surface area contributed by atoms with Crippen molar-refractivity contribution in [2.75, 3.05) is 13.7 Å². The van der Waals surface area contributed by atoms with E-state index in [0.717, 1.165) is 27.8 Å². The predicted octanol–water partition coefficient (Wildman–Crippen LogP) is 7.81. The molecule has 2 aliphatic rings. The Labute approximate surface area is 380 Å². The third kappa shape index (κ3) is 14.1. The van der Waals surface area contributed by atoms with Crippen molar-refractivity contribution in [3.8, 4) is 0 Å². The van der Waals surface area contributed by atoms with Crippen molar-refractivity contribution in [3.63, 3.8) is 0 Å². The number of hydrogen-bond donors (Lipinski definition) is 1. The van der Waals surface area contributed by atoms with Crippen LogP contribution in [0.2, 0.25) is 0 Å². The molecule has 5 unspecified atom stereocenters. The molecule has 2 saturated heterocycles. The van der Waals surface area contributed by atoms with Crippen LogP contribution in [-0.4, -0.2) is 87.0 Å². The summed E-state index contributed by atoms with van der Waals surface area (Å²) in [7, 11) is 1.51. The van der Waals surface area contributed by atoms with Crippen LogP contribution >= 0.6 is 0 Å². The van der Waals surface area contributed by atoms with Crippen molar-refractivity contribution in [1.29, 1.82) is 0 Å². The van der Waals surface area contributed by atoms with E-state index in [-0.39, 0.29) is 58.4 Å². The molecule has 2 fully saturated rings. The van der Waals surface area contributed by atoms with Gasteiger partial charge in [0, 0.05) is 13.5 Å². The first-order valence-corrected chi connectivity index (χ1v) is 22.1. The van der Waals surface area contributed by atoms with Gasteiger partial charge >= 0.3 is 5.97 Å². The lowest BCUT2D eigenvalue weighted by molar-refractivity contribution is -0.335. The molecule has 0 saturated carbocycles. The highest BCUT2D eigenvalue weighted by Gasteiger charge is 2.52. The summed E-state index contributed by atoms with van der Waals surface area (Å²) in [5.74, 6) is -0.894. The number of carbonyl (C=O) groups is 2. The van der Waals surface area contributed by atoms with E-state index >= 15 is 4.39 Å². The van der Waals surface area contributed by atoms with Gasteiger partial charge in [-0.05, 0) is 34.7 Å². The number of alkyl halides is 1. The van der Waals surface area contributed by atoms with Crippen LogP contribution < -0.4 is 5.32 Å². The van der Waals surface area contributed by atoms with Crippen molar-refractivity contribution < 1.29 is 56.6 Å². The van der Waals surface area contributed by atoms with Gasteiger partial charge in [0.25, 0.3) is 0 Å². The van der Waals surface area contributed by atoms with Gasteiger partial charge in [-0.25, -0.2) is 4.39 Å². The molecule has 0 radical (unpaired) electrons. The number of rotatable bonds is 22. The summed E-state index contributed by atoms with van der Waals surface area (Å²) in [5, 5.41) is 2.53. The average molecular weight is 892 g/mol. The van der Waals surface area contributed by atoms with Crippen LogP contribution in [0.4, 0.5) is 4.39 Å². The molecule has 2 aliphatic heterocycles. The number of hydrogen-bond acceptors (Lipinski definition) is 11. The van der Waals surface area contributed by atoms with Gasteiger partial charge in [-0.3, -0.25) is 9.59 Å². The highest BCUT2D eigenvalue weighted by molar-refractivity contribution is 5.81. The summed E-state index contributed by atoms with van der Waals surface area (Å²) >= 11 is 0. The molecule has 65 heavy (non-hydrogen) atoms. The maximum Gasteiger partial charge on any atom is 0.306 e. The van der Waals surface area contributed by atoms with Gasteiger partial charge in [0.1, 0.15) is 36.6 Å². The summed E-state index contributed by atoms with van der Waals surface area (Å²) in [4.78, 5) is 25.3. The maximum atomic E-state index is 16.7. The monoisotopic (exact) mass is 891 g/mol. The summed E-state index contributed by atoms with van der Waals surface area (Å²) in [6, 6.07) is 47.9. The quantitative estimate of drug-likeness (QED) is 0.0684. The Bertz CT molecular complexity index is 2140. The molecule has 13 heteroatoms. The number of nitrogens with one attached hydrogen (secondary N) is 1. The van der Waals surface area contributed by atoms with Gasteiger partial charge < -0.3 is 47.9 Å². The lowest BCUT2D eigenvalue weighted by Crippen LogP contribution is -2.62. The van der Waals surface area contributed by atoms with Crippen LogP contribution in [0.25, 0.3) is 0 Å². The van der Waals surface area contributed by atoms with E-state index in [9.17, 15) is 9.59 Å². The zero-order chi connectivity index (χ0) is 45.2. The molecule has 1 N–H and O–H groups in total. The van der Waals surface area contributed by atoms with Gasteiger partial charge in [0.15, 0.2) is 12.4 Å². The number of carbonyl (C=O) groups excluding carboxylic acids is 2. The van der Waals surface area contributed by atoms with E-state index in [1.807, 2.05) is 152 Å². The predicted molar refractivity (Wildman–Crippen MR) is 238 cm³/mol. The summed E-state index contributed by atoms with van der Waals surface area (Å²) < 4.78 is 74.9. The standard InChI is InChI=1S/C52H58FNO11/c1-36-45(65-44(56)29-28-43(55)54-2)47(58-31-38-20-10-4-11-21-38)50(61-34-41-26-16-7-17-27-41)52(63-36)62-35-42-46(57-30-37-18-8-3-9-19-37)48(59-32-39-22-12-5-13-23-39)49(51(53)64-42)60-33-40-24-14-6-15-25-40/h3-27,36,42,45-52H,28-35H2,1-2H3,(H,54,55)/t36?,42-,45+,46+,47-,48?,49?,50?,51-,52?/m0/s1. The Morgan fingerprint density at radius 1 is 0.492 bits per heavy atom. The van der Waals surface area contributed by atoms with Crippen LogP contribution in [0.15, 0.2) is 152 Å². The maximum absolute atomic E-state index is 16.7. The van der Waals surface area contributed by atoms with Gasteiger partial charge in [-0.1, -0.05) is 152 Å². The van der Waals surface area contributed by atoms with Gasteiger partial charge in [0.05, 0.1) is 52.2 Å². The number of halogens is 1. The normalized spacial score (nSPS) is 25.4. The Balaban J connectivity index is 1.17. The van der Waals surface area contributed by atoms with E-state index in [2.05, 4.69) is 5.32 Å². The lowest BCUT2D eigenvalue weighted by Gasteiger charge is -2.46. The third-order valence-corrected chi connectivity index (χ3v) is 11.3. The molecule has 1 amide bonds. The Morgan fingerprint density at radius 3 is 1.31 bits per heavy atom. The Morgan fingerprint density at radius 2 is 0.877 bits per heavy atom. The van der Waals surface area contributed by atoms with E-state index in [0.29, 0.717) is 0 Å².